The molecule has 1 aromatic carbocycles. The SMILES string of the molecule is Cc1cc(C)nc(NC2CC3(CCN(Cc4ccccc4)CC3)C2)n1. The fraction of sp³-hybridized carbons (Fsp3) is 0.524. The predicted molar refractivity (Wildman–Crippen MR) is 102 cm³/mol. The Morgan fingerprint density at radius 2 is 1.68 bits per heavy atom. The Hall–Kier alpha value is -1.94. The van der Waals surface area contributed by atoms with Gasteiger partial charge in [0.25, 0.3) is 0 Å². The molecule has 0 radical (unpaired) electrons. The minimum absolute atomic E-state index is 0.543. The molecular weight excluding hydrogens is 308 g/mol. The van der Waals surface area contributed by atoms with E-state index in [1.165, 1.54) is 44.3 Å². The Kier molecular flexibility index (Phi) is 4.46. The largest absolute Gasteiger partial charge is 0.351 e. The maximum atomic E-state index is 4.52. The van der Waals surface area contributed by atoms with E-state index in [-0.39, 0.29) is 0 Å². The maximum Gasteiger partial charge on any atom is 0.223 e. The standard InChI is InChI=1S/C21H28N4/c1-16-12-17(2)23-20(22-16)24-19-13-21(14-19)8-10-25(11-9-21)15-18-6-4-3-5-7-18/h3-7,12,19H,8-11,13-15H2,1-2H3,(H,22,23,24). The monoisotopic (exact) mass is 336 g/mol. The molecule has 1 saturated carbocycles. The second-order valence-corrected chi connectivity index (χ2v) is 7.99. The van der Waals surface area contributed by atoms with Gasteiger partial charge in [0.2, 0.25) is 5.95 Å². The van der Waals surface area contributed by atoms with Crippen molar-refractivity contribution in [3.8, 4) is 0 Å². The molecular formula is C21H28N4. The van der Waals surface area contributed by atoms with Crippen LogP contribution >= 0.6 is 0 Å². The van der Waals surface area contributed by atoms with Gasteiger partial charge in [0.1, 0.15) is 0 Å². The van der Waals surface area contributed by atoms with Crippen molar-refractivity contribution in [3.63, 3.8) is 0 Å². The van der Waals surface area contributed by atoms with Gasteiger partial charge in [-0.3, -0.25) is 4.90 Å². The van der Waals surface area contributed by atoms with Crippen LogP contribution in [0.15, 0.2) is 36.4 Å². The summed E-state index contributed by atoms with van der Waals surface area (Å²) in [5, 5.41) is 3.55. The molecule has 4 nitrogen and oxygen atoms in total. The third-order valence-corrected chi connectivity index (χ3v) is 5.84. The molecule has 2 fully saturated rings. The minimum Gasteiger partial charge on any atom is -0.351 e. The highest BCUT2D eigenvalue weighted by Gasteiger charge is 2.45. The summed E-state index contributed by atoms with van der Waals surface area (Å²) in [6.07, 6.45) is 5.18. The van der Waals surface area contributed by atoms with Crippen LogP contribution in [0.2, 0.25) is 0 Å². The van der Waals surface area contributed by atoms with Crippen LogP contribution in [-0.2, 0) is 6.54 Å². The highest BCUT2D eigenvalue weighted by atomic mass is 15.2. The summed E-state index contributed by atoms with van der Waals surface area (Å²) in [6, 6.07) is 13.4. The number of likely N-dealkylation sites (tertiary alicyclic amines) is 1. The second-order valence-electron chi connectivity index (χ2n) is 7.99. The lowest BCUT2D eigenvalue weighted by molar-refractivity contribution is 0.0209. The molecule has 1 spiro atoms. The molecule has 132 valence electrons. The summed E-state index contributed by atoms with van der Waals surface area (Å²) < 4.78 is 0. The van der Waals surface area contributed by atoms with Crippen LogP contribution in [0.25, 0.3) is 0 Å². The van der Waals surface area contributed by atoms with Gasteiger partial charge in [0.05, 0.1) is 0 Å². The first kappa shape index (κ1) is 16.5. The maximum absolute atomic E-state index is 4.52. The molecule has 2 aliphatic rings. The summed E-state index contributed by atoms with van der Waals surface area (Å²) >= 11 is 0. The number of hydrogen-bond donors (Lipinski definition) is 1. The Balaban J connectivity index is 1.26. The number of rotatable bonds is 4. The van der Waals surface area contributed by atoms with E-state index in [2.05, 4.69) is 50.5 Å². The Labute approximate surface area is 150 Å². The molecule has 1 N–H and O–H groups in total. The van der Waals surface area contributed by atoms with Gasteiger partial charge < -0.3 is 5.32 Å². The number of anilines is 1. The second kappa shape index (κ2) is 6.75. The molecule has 1 aromatic heterocycles. The molecule has 4 heteroatoms. The Bertz CT molecular complexity index is 692. The lowest BCUT2D eigenvalue weighted by atomic mass is 9.60. The Morgan fingerprint density at radius 1 is 1.04 bits per heavy atom. The zero-order chi connectivity index (χ0) is 17.3. The van der Waals surface area contributed by atoms with Crippen molar-refractivity contribution in [2.45, 2.75) is 52.1 Å². The number of aromatic nitrogens is 2. The molecule has 1 aliphatic carbocycles. The molecule has 0 unspecified atom stereocenters. The summed E-state index contributed by atoms with van der Waals surface area (Å²) in [6.45, 7) is 7.60. The fourth-order valence-corrected chi connectivity index (χ4v) is 4.50. The molecule has 2 aromatic rings. The predicted octanol–water partition coefficient (Wildman–Crippen LogP) is 3.95. The topological polar surface area (TPSA) is 41.1 Å². The van der Waals surface area contributed by atoms with Crippen LogP contribution in [0.1, 0.15) is 42.6 Å². The van der Waals surface area contributed by atoms with Crippen LogP contribution in [-0.4, -0.2) is 34.0 Å². The van der Waals surface area contributed by atoms with Crippen molar-refractivity contribution < 1.29 is 0 Å². The van der Waals surface area contributed by atoms with E-state index in [9.17, 15) is 0 Å². The third kappa shape index (κ3) is 3.84. The number of benzene rings is 1. The fourth-order valence-electron chi connectivity index (χ4n) is 4.50. The number of aryl methyl sites for hydroxylation is 2. The summed E-state index contributed by atoms with van der Waals surface area (Å²) in [7, 11) is 0. The zero-order valence-corrected chi connectivity index (χ0v) is 15.3. The van der Waals surface area contributed by atoms with E-state index >= 15 is 0 Å². The molecule has 25 heavy (non-hydrogen) atoms. The van der Waals surface area contributed by atoms with Crippen molar-refractivity contribution in [1.29, 1.82) is 0 Å². The number of nitrogens with zero attached hydrogens (tertiary/aromatic N) is 3. The quantitative estimate of drug-likeness (QED) is 0.918. The molecule has 1 aliphatic heterocycles. The van der Waals surface area contributed by atoms with Gasteiger partial charge in [-0.05, 0) is 69.7 Å². The summed E-state index contributed by atoms with van der Waals surface area (Å²) in [4.78, 5) is 11.6. The minimum atomic E-state index is 0.543. The van der Waals surface area contributed by atoms with Gasteiger partial charge in [0.15, 0.2) is 0 Å². The number of hydrogen-bond acceptors (Lipinski definition) is 4. The molecule has 2 heterocycles. The summed E-state index contributed by atoms with van der Waals surface area (Å²) in [5.74, 6) is 0.805. The van der Waals surface area contributed by atoms with Crippen LogP contribution in [0, 0.1) is 19.3 Å². The highest BCUT2D eigenvalue weighted by Crippen LogP contribution is 2.49. The van der Waals surface area contributed by atoms with E-state index in [1.807, 2.05) is 19.9 Å². The first-order chi connectivity index (χ1) is 12.1. The van der Waals surface area contributed by atoms with Gasteiger partial charge in [-0.2, -0.15) is 0 Å². The number of piperidine rings is 1. The van der Waals surface area contributed by atoms with Crippen molar-refractivity contribution in [2.75, 3.05) is 18.4 Å². The Morgan fingerprint density at radius 3 is 2.32 bits per heavy atom. The van der Waals surface area contributed by atoms with Crippen LogP contribution in [0.4, 0.5) is 5.95 Å². The highest BCUT2D eigenvalue weighted by molar-refractivity contribution is 5.31. The molecule has 0 bridgehead atoms. The van der Waals surface area contributed by atoms with Gasteiger partial charge in [0, 0.05) is 24.0 Å². The third-order valence-electron chi connectivity index (χ3n) is 5.84. The molecule has 0 atom stereocenters. The average molecular weight is 336 g/mol. The van der Waals surface area contributed by atoms with E-state index in [1.54, 1.807) is 0 Å². The smallest absolute Gasteiger partial charge is 0.223 e. The first-order valence-electron chi connectivity index (χ1n) is 9.45. The molecule has 4 rings (SSSR count). The first-order valence-corrected chi connectivity index (χ1v) is 9.45. The van der Waals surface area contributed by atoms with Crippen molar-refractivity contribution in [2.24, 2.45) is 5.41 Å². The average Bonchev–Trinajstić information content (AvgIpc) is 2.55. The van der Waals surface area contributed by atoms with Crippen molar-refractivity contribution >= 4 is 5.95 Å². The van der Waals surface area contributed by atoms with E-state index in [0.29, 0.717) is 11.5 Å². The van der Waals surface area contributed by atoms with E-state index in [0.717, 1.165) is 23.9 Å². The van der Waals surface area contributed by atoms with Gasteiger partial charge >= 0.3 is 0 Å². The van der Waals surface area contributed by atoms with E-state index < -0.39 is 0 Å². The van der Waals surface area contributed by atoms with Crippen LogP contribution in [0.3, 0.4) is 0 Å². The van der Waals surface area contributed by atoms with E-state index in [4.69, 9.17) is 0 Å². The lowest BCUT2D eigenvalue weighted by Gasteiger charge is -2.52. The lowest BCUT2D eigenvalue weighted by Crippen LogP contribution is -2.51. The molecule has 1 saturated heterocycles. The van der Waals surface area contributed by atoms with Gasteiger partial charge in [-0.1, -0.05) is 30.3 Å². The van der Waals surface area contributed by atoms with Crippen molar-refractivity contribution in [3.05, 3.63) is 53.3 Å². The zero-order valence-electron chi connectivity index (χ0n) is 15.3. The van der Waals surface area contributed by atoms with Crippen LogP contribution in [0.5, 0.6) is 0 Å². The van der Waals surface area contributed by atoms with Gasteiger partial charge in [-0.15, -0.1) is 0 Å². The molecule has 0 amide bonds. The van der Waals surface area contributed by atoms with Crippen molar-refractivity contribution in [1.82, 2.24) is 14.9 Å². The normalized spacial score (nSPS) is 20.4. The summed E-state index contributed by atoms with van der Waals surface area (Å²) in [5.41, 5.74) is 4.07. The van der Waals surface area contributed by atoms with Crippen LogP contribution < -0.4 is 5.32 Å². The number of nitrogens with one attached hydrogen (secondary N) is 1. The van der Waals surface area contributed by atoms with Gasteiger partial charge in [-0.25, -0.2) is 9.97 Å².